The molecule has 104 valence electrons. The molecule has 0 amide bonds. The van der Waals surface area contributed by atoms with Gasteiger partial charge in [0, 0.05) is 17.9 Å². The summed E-state index contributed by atoms with van der Waals surface area (Å²) >= 11 is 5.85. The van der Waals surface area contributed by atoms with Crippen molar-refractivity contribution in [2.75, 3.05) is 0 Å². The van der Waals surface area contributed by atoms with Gasteiger partial charge < -0.3 is 0 Å². The summed E-state index contributed by atoms with van der Waals surface area (Å²) in [5, 5.41) is 0.700. The Bertz CT molecular complexity index is 603. The summed E-state index contributed by atoms with van der Waals surface area (Å²) < 4.78 is 0. The zero-order valence-electron chi connectivity index (χ0n) is 12.2. The lowest BCUT2D eigenvalue weighted by Gasteiger charge is -2.11. The number of aryl methyl sites for hydroxylation is 3. The molecule has 0 unspecified atom stereocenters. The van der Waals surface area contributed by atoms with Crippen LogP contribution in [0.25, 0.3) is 0 Å². The Morgan fingerprint density at radius 1 is 0.950 bits per heavy atom. The fourth-order valence-corrected chi connectivity index (χ4v) is 2.70. The average molecular weight is 287 g/mol. The molecule has 0 aliphatic heterocycles. The largest absolute Gasteiger partial charge is 0.299 e. The number of rotatable bonds is 4. The minimum Gasteiger partial charge on any atom is -0.299 e. The Hall–Kier alpha value is -1.60. The van der Waals surface area contributed by atoms with Gasteiger partial charge in [0.15, 0.2) is 0 Å². The van der Waals surface area contributed by atoms with E-state index in [4.69, 9.17) is 11.6 Å². The van der Waals surface area contributed by atoms with Crippen molar-refractivity contribution in [3.8, 4) is 0 Å². The second kappa shape index (κ2) is 6.23. The zero-order valence-corrected chi connectivity index (χ0v) is 12.9. The summed E-state index contributed by atoms with van der Waals surface area (Å²) in [6.07, 6.45) is 0.963. The number of carbonyl (C=O) groups is 1. The lowest BCUT2D eigenvalue weighted by molar-refractivity contribution is -0.117. The van der Waals surface area contributed by atoms with Crippen molar-refractivity contribution >= 4 is 17.4 Å². The molecule has 2 aromatic rings. The van der Waals surface area contributed by atoms with Crippen molar-refractivity contribution < 1.29 is 4.79 Å². The second-order valence-electron chi connectivity index (χ2n) is 5.40. The topological polar surface area (TPSA) is 17.1 Å². The molecule has 0 bridgehead atoms. The monoisotopic (exact) mass is 286 g/mol. The highest BCUT2D eigenvalue weighted by molar-refractivity contribution is 6.30. The molecule has 2 rings (SSSR count). The summed E-state index contributed by atoms with van der Waals surface area (Å²) in [6.45, 7) is 6.23. The molecule has 0 saturated heterocycles. The third-order valence-corrected chi connectivity index (χ3v) is 3.78. The maximum Gasteiger partial charge on any atom is 0.141 e. The van der Waals surface area contributed by atoms with Crippen molar-refractivity contribution in [1.82, 2.24) is 0 Å². The molecular formula is C18H19ClO. The third-order valence-electron chi connectivity index (χ3n) is 3.53. The van der Waals surface area contributed by atoms with Crippen molar-refractivity contribution in [2.45, 2.75) is 33.6 Å². The van der Waals surface area contributed by atoms with Crippen LogP contribution < -0.4 is 0 Å². The van der Waals surface area contributed by atoms with Gasteiger partial charge in [-0.1, -0.05) is 41.4 Å². The highest BCUT2D eigenvalue weighted by Gasteiger charge is 2.10. The minimum atomic E-state index is 0.238. The van der Waals surface area contributed by atoms with E-state index in [-0.39, 0.29) is 5.78 Å². The molecular weight excluding hydrogens is 268 g/mol. The first-order valence-electron chi connectivity index (χ1n) is 6.78. The van der Waals surface area contributed by atoms with Gasteiger partial charge in [-0.3, -0.25) is 4.79 Å². The van der Waals surface area contributed by atoms with Crippen molar-refractivity contribution in [3.63, 3.8) is 0 Å². The molecule has 2 heteroatoms. The first kappa shape index (κ1) is 14.8. The maximum absolute atomic E-state index is 12.2. The van der Waals surface area contributed by atoms with Gasteiger partial charge in [0.25, 0.3) is 0 Å². The second-order valence-corrected chi connectivity index (χ2v) is 5.83. The van der Waals surface area contributed by atoms with Crippen molar-refractivity contribution in [1.29, 1.82) is 0 Å². The average Bonchev–Trinajstić information content (AvgIpc) is 2.36. The predicted molar refractivity (Wildman–Crippen MR) is 84.5 cm³/mol. The lowest BCUT2D eigenvalue weighted by atomic mass is 9.94. The van der Waals surface area contributed by atoms with E-state index in [1.807, 2.05) is 24.3 Å². The molecule has 0 N–H and O–H groups in total. The third kappa shape index (κ3) is 3.71. The number of Topliss-reactive ketones (excluding diaryl/α,β-unsaturated/α-hetero) is 1. The number of hydrogen-bond donors (Lipinski definition) is 0. The van der Waals surface area contributed by atoms with Gasteiger partial charge in [-0.25, -0.2) is 0 Å². The quantitative estimate of drug-likeness (QED) is 0.801. The molecule has 0 radical (unpaired) electrons. The van der Waals surface area contributed by atoms with Gasteiger partial charge in [0.2, 0.25) is 0 Å². The molecule has 20 heavy (non-hydrogen) atoms. The van der Waals surface area contributed by atoms with Crippen LogP contribution in [0.15, 0.2) is 36.4 Å². The van der Waals surface area contributed by atoms with Gasteiger partial charge in [0.1, 0.15) is 5.78 Å². The number of ketones is 1. The van der Waals surface area contributed by atoms with Crippen LogP contribution in [0.5, 0.6) is 0 Å². The SMILES string of the molecule is Cc1cc(C)c(CC(=O)Cc2ccc(Cl)cc2)c(C)c1. The Morgan fingerprint density at radius 3 is 2.05 bits per heavy atom. The van der Waals surface area contributed by atoms with Gasteiger partial charge in [-0.05, 0) is 55.2 Å². The first-order chi connectivity index (χ1) is 9.45. The smallest absolute Gasteiger partial charge is 0.141 e. The molecule has 0 atom stereocenters. The van der Waals surface area contributed by atoms with Crippen LogP contribution in [0.2, 0.25) is 5.02 Å². The number of benzene rings is 2. The Morgan fingerprint density at radius 2 is 1.50 bits per heavy atom. The molecule has 0 aliphatic carbocycles. The van der Waals surface area contributed by atoms with Gasteiger partial charge in [0.05, 0.1) is 0 Å². The van der Waals surface area contributed by atoms with E-state index in [0.717, 1.165) is 11.1 Å². The van der Waals surface area contributed by atoms with Crippen molar-refractivity contribution in [3.05, 3.63) is 69.2 Å². The number of carbonyl (C=O) groups excluding carboxylic acids is 1. The van der Waals surface area contributed by atoms with E-state index in [2.05, 4.69) is 32.9 Å². The van der Waals surface area contributed by atoms with Crippen LogP contribution in [0.4, 0.5) is 0 Å². The summed E-state index contributed by atoms with van der Waals surface area (Å²) in [6, 6.07) is 11.7. The zero-order chi connectivity index (χ0) is 14.7. The van der Waals surface area contributed by atoms with Gasteiger partial charge in [-0.2, -0.15) is 0 Å². The molecule has 2 aromatic carbocycles. The highest BCUT2D eigenvalue weighted by atomic mass is 35.5. The van der Waals surface area contributed by atoms with Crippen LogP contribution in [-0.4, -0.2) is 5.78 Å². The van der Waals surface area contributed by atoms with Gasteiger partial charge in [-0.15, -0.1) is 0 Å². The van der Waals surface area contributed by atoms with Crippen LogP contribution in [0.1, 0.15) is 27.8 Å². The summed E-state index contributed by atoms with van der Waals surface area (Å²) in [4.78, 5) is 12.2. The molecule has 0 aromatic heterocycles. The number of hydrogen-bond acceptors (Lipinski definition) is 1. The highest BCUT2D eigenvalue weighted by Crippen LogP contribution is 2.18. The molecule has 1 nitrogen and oxygen atoms in total. The summed E-state index contributed by atoms with van der Waals surface area (Å²) in [5.41, 5.74) is 5.82. The van der Waals surface area contributed by atoms with E-state index in [9.17, 15) is 4.79 Å². The lowest BCUT2D eigenvalue weighted by Crippen LogP contribution is -2.09. The first-order valence-corrected chi connectivity index (χ1v) is 7.16. The van der Waals surface area contributed by atoms with E-state index in [0.29, 0.717) is 17.9 Å². The predicted octanol–water partition coefficient (Wildman–Crippen LogP) is 4.62. The Kier molecular flexibility index (Phi) is 4.61. The Balaban J connectivity index is 2.10. The normalized spacial score (nSPS) is 10.6. The van der Waals surface area contributed by atoms with E-state index in [1.54, 1.807) is 0 Å². The molecule has 0 aliphatic rings. The van der Waals surface area contributed by atoms with E-state index in [1.165, 1.54) is 16.7 Å². The van der Waals surface area contributed by atoms with Crippen LogP contribution in [0.3, 0.4) is 0 Å². The molecule has 0 saturated carbocycles. The van der Waals surface area contributed by atoms with Crippen molar-refractivity contribution in [2.24, 2.45) is 0 Å². The van der Waals surface area contributed by atoms with E-state index >= 15 is 0 Å². The number of halogens is 1. The summed E-state index contributed by atoms with van der Waals surface area (Å²) in [7, 11) is 0. The fraction of sp³-hybridized carbons (Fsp3) is 0.278. The molecule has 0 heterocycles. The van der Waals surface area contributed by atoms with Crippen LogP contribution in [0, 0.1) is 20.8 Å². The van der Waals surface area contributed by atoms with Gasteiger partial charge >= 0.3 is 0 Å². The maximum atomic E-state index is 12.2. The summed E-state index contributed by atoms with van der Waals surface area (Å²) in [5.74, 6) is 0.238. The standard InChI is InChI=1S/C18H19ClO/c1-12-8-13(2)18(14(3)9-12)11-17(20)10-15-4-6-16(19)7-5-15/h4-9H,10-11H2,1-3H3. The molecule has 0 spiro atoms. The van der Waals surface area contributed by atoms with E-state index < -0.39 is 0 Å². The van der Waals surface area contributed by atoms with Crippen LogP contribution >= 0.6 is 11.6 Å². The Labute approximate surface area is 125 Å². The molecule has 0 fully saturated rings. The fourth-order valence-electron chi connectivity index (χ4n) is 2.58. The minimum absolute atomic E-state index is 0.238. The van der Waals surface area contributed by atoms with Crippen LogP contribution in [-0.2, 0) is 17.6 Å².